The van der Waals surface area contributed by atoms with Crippen molar-refractivity contribution >= 4 is 10.8 Å². The van der Waals surface area contributed by atoms with E-state index >= 15 is 0 Å². The number of aromatic hydroxyl groups is 1. The second-order valence-corrected chi connectivity index (χ2v) is 4.38. The normalized spacial score (nSPS) is 10.8. The average molecular weight is 256 g/mol. The zero-order valence-corrected chi connectivity index (χ0v) is 9.90. The molecule has 0 heterocycles. The SMILES string of the molecule is Oc1ccc2cc(-c3ccc(F)c(F)c3)ccc2c1. The summed E-state index contributed by atoms with van der Waals surface area (Å²) in [5.41, 5.74) is 1.42. The second-order valence-electron chi connectivity index (χ2n) is 4.38. The highest BCUT2D eigenvalue weighted by Gasteiger charge is 2.05. The molecule has 94 valence electrons. The maximum atomic E-state index is 13.2. The van der Waals surface area contributed by atoms with Crippen LogP contribution in [-0.4, -0.2) is 5.11 Å². The first kappa shape index (κ1) is 11.7. The fourth-order valence-corrected chi connectivity index (χ4v) is 2.09. The van der Waals surface area contributed by atoms with E-state index in [9.17, 15) is 13.9 Å². The zero-order chi connectivity index (χ0) is 13.4. The van der Waals surface area contributed by atoms with Crippen molar-refractivity contribution in [3.8, 4) is 16.9 Å². The minimum Gasteiger partial charge on any atom is -0.508 e. The third kappa shape index (κ3) is 2.15. The third-order valence-electron chi connectivity index (χ3n) is 3.08. The highest BCUT2D eigenvalue weighted by molar-refractivity contribution is 5.88. The molecule has 0 unspecified atom stereocenters. The lowest BCUT2D eigenvalue weighted by Gasteiger charge is -2.05. The van der Waals surface area contributed by atoms with E-state index in [0.29, 0.717) is 5.56 Å². The number of phenols is 1. The summed E-state index contributed by atoms with van der Waals surface area (Å²) in [5, 5.41) is 11.2. The van der Waals surface area contributed by atoms with E-state index in [0.717, 1.165) is 22.4 Å². The molecule has 0 atom stereocenters. The van der Waals surface area contributed by atoms with Crippen LogP contribution in [0.3, 0.4) is 0 Å². The van der Waals surface area contributed by atoms with Crippen molar-refractivity contribution in [2.75, 3.05) is 0 Å². The van der Waals surface area contributed by atoms with E-state index < -0.39 is 11.6 Å². The lowest BCUT2D eigenvalue weighted by atomic mass is 10.0. The number of fused-ring (bicyclic) bond motifs is 1. The summed E-state index contributed by atoms with van der Waals surface area (Å²) < 4.78 is 26.1. The highest BCUT2D eigenvalue weighted by Crippen LogP contribution is 2.27. The van der Waals surface area contributed by atoms with Crippen LogP contribution in [0.1, 0.15) is 0 Å². The standard InChI is InChI=1S/C16H10F2O/c17-15-6-4-13(9-16(15)18)10-1-2-12-8-14(19)5-3-11(12)7-10/h1-9,19H. The van der Waals surface area contributed by atoms with E-state index in [-0.39, 0.29) is 5.75 Å². The molecule has 1 N–H and O–H groups in total. The topological polar surface area (TPSA) is 20.2 Å². The van der Waals surface area contributed by atoms with Crippen LogP contribution in [0.4, 0.5) is 8.78 Å². The molecular formula is C16H10F2O. The van der Waals surface area contributed by atoms with Crippen molar-refractivity contribution < 1.29 is 13.9 Å². The van der Waals surface area contributed by atoms with Crippen molar-refractivity contribution in [1.82, 2.24) is 0 Å². The molecule has 3 aromatic rings. The Hall–Kier alpha value is -2.42. The first-order valence-electron chi connectivity index (χ1n) is 5.82. The van der Waals surface area contributed by atoms with Crippen molar-refractivity contribution in [2.24, 2.45) is 0 Å². The van der Waals surface area contributed by atoms with Crippen LogP contribution in [-0.2, 0) is 0 Å². The van der Waals surface area contributed by atoms with Gasteiger partial charge in [-0.05, 0) is 52.2 Å². The minimum atomic E-state index is -0.858. The van der Waals surface area contributed by atoms with Gasteiger partial charge < -0.3 is 5.11 Å². The monoisotopic (exact) mass is 256 g/mol. The Morgan fingerprint density at radius 2 is 1.26 bits per heavy atom. The first-order valence-corrected chi connectivity index (χ1v) is 5.82. The van der Waals surface area contributed by atoms with Gasteiger partial charge in [-0.3, -0.25) is 0 Å². The predicted molar refractivity (Wildman–Crippen MR) is 71.0 cm³/mol. The van der Waals surface area contributed by atoms with Gasteiger partial charge in [0.25, 0.3) is 0 Å². The van der Waals surface area contributed by atoms with Gasteiger partial charge >= 0.3 is 0 Å². The fourth-order valence-electron chi connectivity index (χ4n) is 2.09. The average Bonchev–Trinajstić information content (AvgIpc) is 2.41. The number of phenolic OH excluding ortho intramolecular Hbond substituents is 1. The van der Waals surface area contributed by atoms with Crippen LogP contribution in [0.25, 0.3) is 21.9 Å². The van der Waals surface area contributed by atoms with Gasteiger partial charge in [0.1, 0.15) is 5.75 Å². The van der Waals surface area contributed by atoms with Crippen LogP contribution in [0.2, 0.25) is 0 Å². The maximum Gasteiger partial charge on any atom is 0.159 e. The molecule has 3 rings (SSSR count). The number of hydrogen-bond donors (Lipinski definition) is 1. The van der Waals surface area contributed by atoms with Crippen LogP contribution >= 0.6 is 0 Å². The van der Waals surface area contributed by atoms with Gasteiger partial charge in [-0.25, -0.2) is 8.78 Å². The van der Waals surface area contributed by atoms with Crippen molar-refractivity contribution in [3.63, 3.8) is 0 Å². The molecule has 0 radical (unpaired) electrons. The Morgan fingerprint density at radius 3 is 2.05 bits per heavy atom. The number of hydrogen-bond acceptors (Lipinski definition) is 1. The van der Waals surface area contributed by atoms with Gasteiger partial charge in [0, 0.05) is 0 Å². The molecule has 0 spiro atoms. The molecule has 1 nitrogen and oxygen atoms in total. The number of halogens is 2. The first-order chi connectivity index (χ1) is 9.13. The summed E-state index contributed by atoms with van der Waals surface area (Å²) in [5.74, 6) is -1.51. The van der Waals surface area contributed by atoms with Crippen molar-refractivity contribution in [2.45, 2.75) is 0 Å². The molecule has 0 fully saturated rings. The molecule has 3 heteroatoms. The van der Waals surface area contributed by atoms with E-state index in [2.05, 4.69) is 0 Å². The molecule has 0 aliphatic rings. The van der Waals surface area contributed by atoms with Gasteiger partial charge in [0.05, 0.1) is 0 Å². The molecule has 0 aromatic heterocycles. The summed E-state index contributed by atoms with van der Waals surface area (Å²) in [4.78, 5) is 0. The minimum absolute atomic E-state index is 0.202. The second kappa shape index (κ2) is 4.35. The van der Waals surface area contributed by atoms with Gasteiger partial charge in [0.2, 0.25) is 0 Å². The van der Waals surface area contributed by atoms with Crippen LogP contribution in [0, 0.1) is 11.6 Å². The van der Waals surface area contributed by atoms with Crippen LogP contribution < -0.4 is 0 Å². The summed E-state index contributed by atoms with van der Waals surface area (Å²) in [6.45, 7) is 0. The van der Waals surface area contributed by atoms with E-state index in [1.807, 2.05) is 18.2 Å². The van der Waals surface area contributed by atoms with Crippen molar-refractivity contribution in [1.29, 1.82) is 0 Å². The molecule has 0 saturated heterocycles. The molecule has 0 bridgehead atoms. The Labute approximate surface area is 108 Å². The van der Waals surface area contributed by atoms with Crippen LogP contribution in [0.5, 0.6) is 5.75 Å². The van der Waals surface area contributed by atoms with Gasteiger partial charge in [-0.2, -0.15) is 0 Å². The summed E-state index contributed by atoms with van der Waals surface area (Å²) in [6, 6.07) is 14.4. The largest absolute Gasteiger partial charge is 0.508 e. The van der Waals surface area contributed by atoms with Crippen LogP contribution in [0.15, 0.2) is 54.6 Å². The quantitative estimate of drug-likeness (QED) is 0.680. The lowest BCUT2D eigenvalue weighted by molar-refractivity contribution is 0.476. The Bertz CT molecular complexity index is 766. The Balaban J connectivity index is 2.14. The molecule has 0 saturated carbocycles. The summed E-state index contributed by atoms with van der Waals surface area (Å²) >= 11 is 0. The fraction of sp³-hybridized carbons (Fsp3) is 0. The molecule has 0 aliphatic heterocycles. The molecule has 19 heavy (non-hydrogen) atoms. The van der Waals surface area contributed by atoms with Crippen molar-refractivity contribution in [3.05, 3.63) is 66.2 Å². The lowest BCUT2D eigenvalue weighted by Crippen LogP contribution is -1.85. The van der Waals surface area contributed by atoms with E-state index in [1.54, 1.807) is 24.3 Å². The summed E-state index contributed by atoms with van der Waals surface area (Å²) in [6.07, 6.45) is 0. The van der Waals surface area contributed by atoms with Gasteiger partial charge in [0.15, 0.2) is 11.6 Å². The maximum absolute atomic E-state index is 13.2. The number of rotatable bonds is 1. The van der Waals surface area contributed by atoms with E-state index in [4.69, 9.17) is 0 Å². The molecular weight excluding hydrogens is 246 g/mol. The van der Waals surface area contributed by atoms with Gasteiger partial charge in [-0.1, -0.05) is 24.3 Å². The van der Waals surface area contributed by atoms with E-state index in [1.165, 1.54) is 6.07 Å². The predicted octanol–water partition coefficient (Wildman–Crippen LogP) is 4.49. The zero-order valence-electron chi connectivity index (χ0n) is 9.90. The number of benzene rings is 3. The molecule has 3 aromatic carbocycles. The smallest absolute Gasteiger partial charge is 0.159 e. The highest BCUT2D eigenvalue weighted by atomic mass is 19.2. The van der Waals surface area contributed by atoms with Gasteiger partial charge in [-0.15, -0.1) is 0 Å². The third-order valence-corrected chi connectivity index (χ3v) is 3.08. The summed E-state index contributed by atoms with van der Waals surface area (Å²) in [7, 11) is 0. The Kier molecular flexibility index (Phi) is 2.67. The molecule has 0 amide bonds. The molecule has 0 aliphatic carbocycles. The Morgan fingerprint density at radius 1 is 0.632 bits per heavy atom.